The van der Waals surface area contributed by atoms with Gasteiger partial charge in [-0.15, -0.1) is 0 Å². The van der Waals surface area contributed by atoms with Gasteiger partial charge in [0.05, 0.1) is 70.8 Å². The maximum Gasteiger partial charge on any atom is 1.00 e. The van der Waals surface area contributed by atoms with Crippen LogP contribution in [-0.2, 0) is 89.4 Å². The van der Waals surface area contributed by atoms with Crippen molar-refractivity contribution in [2.24, 2.45) is 0 Å². The Morgan fingerprint density at radius 1 is 0.652 bits per heavy atom. The molecule has 19 nitrogen and oxygen atoms in total. The van der Waals surface area contributed by atoms with Crippen LogP contribution < -0.4 is 34.8 Å². The van der Waals surface area contributed by atoms with E-state index in [9.17, 15) is 29.4 Å². The molecule has 0 unspecified atom stereocenters. The number of carbonyl (C=O) groups excluding carboxylic acids is 5. The third kappa shape index (κ3) is 14.6. The average molecular weight is 941 g/mol. The summed E-state index contributed by atoms with van der Waals surface area (Å²) in [4.78, 5) is 59.9. The number of benzene rings is 2. The van der Waals surface area contributed by atoms with E-state index in [0.717, 1.165) is 11.1 Å². The van der Waals surface area contributed by atoms with E-state index in [1.807, 2.05) is 60.7 Å². The molecule has 0 bridgehead atoms. The molecule has 0 amide bonds. The van der Waals surface area contributed by atoms with Crippen molar-refractivity contribution in [2.45, 2.75) is 157 Å². The van der Waals surface area contributed by atoms with Crippen molar-refractivity contribution in [3.8, 4) is 0 Å². The minimum absolute atomic E-state index is 0. The third-order valence-corrected chi connectivity index (χ3v) is 12.0. The molecule has 6 saturated heterocycles. The van der Waals surface area contributed by atoms with Crippen LogP contribution >= 0.6 is 0 Å². The fourth-order valence-electron chi connectivity index (χ4n) is 8.74. The van der Waals surface area contributed by atoms with Gasteiger partial charge in [0.1, 0.15) is 42.7 Å². The molecule has 2 N–H and O–H groups in total. The molecule has 6 aliphatic heterocycles. The fourth-order valence-corrected chi connectivity index (χ4v) is 8.74. The summed E-state index contributed by atoms with van der Waals surface area (Å²) in [6.07, 6.45) is -5.58. The van der Waals surface area contributed by atoms with Crippen molar-refractivity contribution in [1.29, 1.82) is 0 Å². The molecule has 2 aromatic rings. The largest absolute Gasteiger partial charge is 1.00 e. The molecule has 6 heterocycles. The first kappa shape index (κ1) is 55.3. The molecule has 0 radical (unpaired) electrons. The molecule has 0 spiro atoms. The van der Waals surface area contributed by atoms with Crippen LogP contribution in [0, 0.1) is 0 Å². The third-order valence-electron chi connectivity index (χ3n) is 12.0. The molecule has 360 valence electrons. The molecule has 14 atom stereocenters. The van der Waals surface area contributed by atoms with Crippen molar-refractivity contribution in [3.63, 3.8) is 0 Å². The predicted molar refractivity (Wildman–Crippen MR) is 221 cm³/mol. The van der Waals surface area contributed by atoms with Crippen LogP contribution in [0.3, 0.4) is 0 Å². The van der Waals surface area contributed by atoms with E-state index >= 15 is 0 Å². The van der Waals surface area contributed by atoms with E-state index in [2.05, 4.69) is 9.62 Å². The first-order valence-electron chi connectivity index (χ1n) is 21.5. The number of carbonyl (C=O) groups is 5. The minimum atomic E-state index is -0.963. The molecule has 0 aromatic heterocycles. The summed E-state index contributed by atoms with van der Waals surface area (Å²) in [5, 5.41) is 30.0. The number of hydrogen-bond acceptors (Lipinski definition) is 19. The van der Waals surface area contributed by atoms with Crippen LogP contribution in [0.2, 0.25) is 0 Å². The molecule has 20 heteroatoms. The first-order valence-corrected chi connectivity index (χ1v) is 21.5. The van der Waals surface area contributed by atoms with Crippen LogP contribution in [-0.4, -0.2) is 153 Å². The second kappa shape index (κ2) is 27.7. The van der Waals surface area contributed by atoms with E-state index in [1.165, 1.54) is 14.2 Å². The van der Waals surface area contributed by atoms with E-state index < -0.39 is 73.2 Å². The van der Waals surface area contributed by atoms with Gasteiger partial charge in [0.25, 0.3) is 6.47 Å². The number of esters is 2. The van der Waals surface area contributed by atoms with Crippen molar-refractivity contribution >= 4 is 30.0 Å². The van der Waals surface area contributed by atoms with Gasteiger partial charge in [-0.25, -0.2) is 0 Å². The Labute approximate surface area is 406 Å². The SMILES string of the molecule is C.COC(=O)C[C@H]1CC[C@@H]2O[C@H]3C(=O)[C@@H](CCOCc4ccccc4)O[C@H]3C(=O)[C@H]2O1.COC(=O)C[C@H]1CC[C@@H]2O[C@H]3[C@H](O)[C@@H](CCOCc4ccccc4)O[C@H]3[C@@H](O)[C@H]2O1.O=CO[O-].[Na+]. The monoisotopic (exact) mass is 940 g/mol. The Balaban J connectivity index is 0.000000260. The second-order valence-electron chi connectivity index (χ2n) is 16.2. The van der Waals surface area contributed by atoms with Crippen LogP contribution in [0.1, 0.15) is 69.9 Å². The summed E-state index contributed by atoms with van der Waals surface area (Å²) in [7, 11) is 2.66. The number of aliphatic hydroxyl groups is 2. The smallest absolute Gasteiger partial charge is 0.662 e. The molecule has 6 fully saturated rings. The average Bonchev–Trinajstić information content (AvgIpc) is 3.82. The molecular weight excluding hydrogens is 879 g/mol. The maximum atomic E-state index is 12.9. The van der Waals surface area contributed by atoms with E-state index in [1.54, 1.807) is 0 Å². The summed E-state index contributed by atoms with van der Waals surface area (Å²) in [6.45, 7) is 1.53. The van der Waals surface area contributed by atoms with Gasteiger partial charge in [-0.3, -0.25) is 24.0 Å². The fraction of sp³-hybridized carbons (Fsp3) is 0.630. The van der Waals surface area contributed by atoms with Crippen molar-refractivity contribution in [3.05, 3.63) is 71.8 Å². The number of Topliss-reactive ketones (excluding diaryl/α,β-unsaturated/α-hetero) is 2. The molecular formula is C46H61NaO19. The Morgan fingerprint density at radius 2 is 1.17 bits per heavy atom. The molecule has 66 heavy (non-hydrogen) atoms. The number of hydrogen-bond donors (Lipinski definition) is 2. The number of aliphatic hydroxyl groups excluding tert-OH is 2. The predicted octanol–water partition coefficient (Wildman–Crippen LogP) is -1.59. The number of fused-ring (bicyclic) bond motifs is 4. The van der Waals surface area contributed by atoms with Crippen LogP contribution in [0.25, 0.3) is 0 Å². The Morgan fingerprint density at radius 3 is 1.73 bits per heavy atom. The van der Waals surface area contributed by atoms with E-state index in [-0.39, 0.29) is 92.0 Å². The molecule has 6 aliphatic rings. The standard InChI is InChI=1S/C22H30O8.C22H26O8.CH2O3.CH4.Na/c2*1-26-17(23)11-14-7-8-16-20(28-14)19(25)22-21(30-16)18(24)15(29-22)9-10-27-12-13-5-3-2-4-6-13;2-1-4-3;;/h2-6,14-16,18-22,24-25H,7-12H2,1H3;2-6,14-16,20-22H,7-12H2,1H3;1,3H;1H4;/q;;;;+1/p-1/t14-,15-,16+,18-,19+,20+,21+,22+;14-,15-,16+,20+,21+,22+;;;/m11.../s1. The number of methoxy groups -OCH3 is 2. The topological polar surface area (TPSA) is 250 Å². The van der Waals surface area contributed by atoms with Crippen LogP contribution in [0.15, 0.2) is 60.7 Å². The molecule has 8 rings (SSSR count). The van der Waals surface area contributed by atoms with Gasteiger partial charge in [0.2, 0.25) is 0 Å². The van der Waals surface area contributed by atoms with E-state index in [4.69, 9.17) is 52.7 Å². The Kier molecular flexibility index (Phi) is 23.2. The Bertz CT molecular complexity index is 1810. The van der Waals surface area contributed by atoms with Gasteiger partial charge >= 0.3 is 41.5 Å². The van der Waals surface area contributed by atoms with Gasteiger partial charge in [0.15, 0.2) is 23.8 Å². The number of ketones is 2. The van der Waals surface area contributed by atoms with Crippen molar-refractivity contribution in [1.82, 2.24) is 0 Å². The second-order valence-corrected chi connectivity index (χ2v) is 16.2. The molecule has 0 aliphatic carbocycles. The summed E-state index contributed by atoms with van der Waals surface area (Å²) in [5.41, 5.74) is 2.13. The van der Waals surface area contributed by atoms with Crippen LogP contribution in [0.4, 0.5) is 0 Å². The number of ether oxygens (including phenoxy) is 10. The number of rotatable bonds is 15. The maximum absolute atomic E-state index is 12.9. The van der Waals surface area contributed by atoms with Gasteiger partial charge in [-0.1, -0.05) is 68.1 Å². The van der Waals surface area contributed by atoms with Crippen molar-refractivity contribution in [2.75, 3.05) is 27.4 Å². The summed E-state index contributed by atoms with van der Waals surface area (Å²) in [5.74, 6) is -1.23. The zero-order valence-electron chi connectivity index (χ0n) is 36.8. The normalized spacial score (nSPS) is 32.6. The quantitative estimate of drug-likeness (QED) is 0.0510. The molecule has 0 saturated carbocycles. The first-order chi connectivity index (χ1) is 31.0. The van der Waals surface area contributed by atoms with Gasteiger partial charge < -0.3 is 67.7 Å². The Hall–Kier alpha value is -3.25. The summed E-state index contributed by atoms with van der Waals surface area (Å²) < 4.78 is 56.1. The zero-order chi connectivity index (χ0) is 45.6. The van der Waals surface area contributed by atoms with Gasteiger partial charge in [0, 0.05) is 19.6 Å². The van der Waals surface area contributed by atoms with Gasteiger partial charge in [-0.2, -0.15) is 0 Å². The summed E-state index contributed by atoms with van der Waals surface area (Å²) in [6, 6.07) is 19.6. The van der Waals surface area contributed by atoms with E-state index in [0.29, 0.717) is 65.0 Å². The van der Waals surface area contributed by atoms with Crippen LogP contribution in [0.5, 0.6) is 0 Å². The minimum Gasteiger partial charge on any atom is -0.662 e. The van der Waals surface area contributed by atoms with Crippen molar-refractivity contribution < 1.29 is 121 Å². The summed E-state index contributed by atoms with van der Waals surface area (Å²) >= 11 is 0. The molecule has 2 aromatic carbocycles. The zero-order valence-corrected chi connectivity index (χ0v) is 38.8. The van der Waals surface area contributed by atoms with Gasteiger partial charge in [-0.05, 0) is 43.2 Å².